The van der Waals surface area contributed by atoms with E-state index in [-0.39, 0.29) is 11.6 Å². The van der Waals surface area contributed by atoms with Gasteiger partial charge < -0.3 is 9.47 Å². The summed E-state index contributed by atoms with van der Waals surface area (Å²) in [6.07, 6.45) is 0.736. The summed E-state index contributed by atoms with van der Waals surface area (Å²) in [4.78, 5) is 2.17. The minimum Gasteiger partial charge on any atom is -0.379 e. The lowest BCUT2D eigenvalue weighted by atomic mass is 9.98. The molecule has 0 spiro atoms. The molecule has 86 valence electrons. The highest BCUT2D eigenvalue weighted by atomic mass is 16.5. The van der Waals surface area contributed by atoms with Gasteiger partial charge >= 0.3 is 0 Å². The Morgan fingerprint density at radius 1 is 1.47 bits per heavy atom. The summed E-state index contributed by atoms with van der Waals surface area (Å²) >= 11 is 0. The summed E-state index contributed by atoms with van der Waals surface area (Å²) in [6, 6.07) is 2.29. The monoisotopic (exact) mass is 212 g/mol. The zero-order valence-electron chi connectivity index (χ0n) is 9.82. The molecule has 15 heavy (non-hydrogen) atoms. The number of hydrogen-bond donors (Lipinski definition) is 0. The second kappa shape index (κ2) is 5.45. The molecule has 0 saturated carbocycles. The molecule has 4 heteroatoms. The van der Waals surface area contributed by atoms with Crippen LogP contribution >= 0.6 is 0 Å². The van der Waals surface area contributed by atoms with Crippen molar-refractivity contribution in [3.8, 4) is 6.07 Å². The molecule has 1 rings (SSSR count). The van der Waals surface area contributed by atoms with Crippen molar-refractivity contribution >= 4 is 0 Å². The van der Waals surface area contributed by atoms with Crippen LogP contribution in [0.15, 0.2) is 0 Å². The van der Waals surface area contributed by atoms with Crippen molar-refractivity contribution in [2.24, 2.45) is 0 Å². The highest BCUT2D eigenvalue weighted by molar-refractivity contribution is 4.96. The molecular formula is C11H20N2O2. The van der Waals surface area contributed by atoms with Gasteiger partial charge in [0, 0.05) is 26.6 Å². The van der Waals surface area contributed by atoms with Gasteiger partial charge in [0.15, 0.2) is 0 Å². The molecule has 1 saturated heterocycles. The first kappa shape index (κ1) is 12.4. The Kier molecular flexibility index (Phi) is 4.52. The third kappa shape index (κ3) is 3.78. The number of nitriles is 1. The summed E-state index contributed by atoms with van der Waals surface area (Å²) in [5, 5.41) is 9.15. The van der Waals surface area contributed by atoms with E-state index in [4.69, 9.17) is 14.7 Å². The van der Waals surface area contributed by atoms with Crippen LogP contribution in [0.1, 0.15) is 20.3 Å². The molecule has 1 unspecified atom stereocenters. The Bertz CT molecular complexity index is 229. The average molecular weight is 212 g/mol. The average Bonchev–Trinajstić information content (AvgIpc) is 2.27. The maximum absolute atomic E-state index is 9.15. The van der Waals surface area contributed by atoms with Gasteiger partial charge in [-0.25, -0.2) is 0 Å². The van der Waals surface area contributed by atoms with Crippen LogP contribution in [-0.2, 0) is 9.47 Å². The van der Waals surface area contributed by atoms with E-state index in [9.17, 15) is 0 Å². The van der Waals surface area contributed by atoms with Crippen LogP contribution in [0.2, 0.25) is 0 Å². The molecular weight excluding hydrogens is 192 g/mol. The minimum absolute atomic E-state index is 0.0659. The lowest BCUT2D eigenvalue weighted by molar-refractivity contribution is -0.0214. The fourth-order valence-corrected chi connectivity index (χ4v) is 1.69. The Hall–Kier alpha value is -0.630. The van der Waals surface area contributed by atoms with Crippen molar-refractivity contribution in [3.63, 3.8) is 0 Å². The number of hydrogen-bond acceptors (Lipinski definition) is 4. The first-order valence-electron chi connectivity index (χ1n) is 5.35. The lowest BCUT2D eigenvalue weighted by Gasteiger charge is -2.34. The van der Waals surface area contributed by atoms with Gasteiger partial charge in [-0.05, 0) is 13.8 Å². The first-order valence-corrected chi connectivity index (χ1v) is 5.35. The molecule has 0 bridgehead atoms. The van der Waals surface area contributed by atoms with E-state index < -0.39 is 0 Å². The largest absolute Gasteiger partial charge is 0.379 e. The topological polar surface area (TPSA) is 45.5 Å². The van der Waals surface area contributed by atoms with Gasteiger partial charge in [-0.2, -0.15) is 5.26 Å². The second-order valence-electron chi connectivity index (χ2n) is 4.46. The van der Waals surface area contributed by atoms with Crippen molar-refractivity contribution < 1.29 is 9.47 Å². The zero-order chi connectivity index (χ0) is 11.3. The molecule has 0 amide bonds. The van der Waals surface area contributed by atoms with E-state index >= 15 is 0 Å². The molecule has 0 N–H and O–H groups in total. The highest BCUT2D eigenvalue weighted by Crippen LogP contribution is 2.19. The number of methoxy groups -OCH3 is 1. The predicted molar refractivity (Wildman–Crippen MR) is 57.5 cm³/mol. The summed E-state index contributed by atoms with van der Waals surface area (Å²) in [6.45, 7) is 7.17. The Labute approximate surface area is 91.8 Å². The fourth-order valence-electron chi connectivity index (χ4n) is 1.69. The molecule has 1 aliphatic heterocycles. The molecule has 4 nitrogen and oxygen atoms in total. The van der Waals surface area contributed by atoms with E-state index in [2.05, 4.69) is 11.0 Å². The molecule has 1 atom stereocenters. The standard InChI is InChI=1S/C11H20N2O2/c1-11(2,14-3)8-10(9-12)13-4-6-15-7-5-13/h10H,4-8H2,1-3H3. The van der Waals surface area contributed by atoms with Crippen LogP contribution in [0, 0.1) is 11.3 Å². The Morgan fingerprint density at radius 3 is 2.53 bits per heavy atom. The van der Waals surface area contributed by atoms with Gasteiger partial charge in [0.25, 0.3) is 0 Å². The van der Waals surface area contributed by atoms with Gasteiger partial charge in [0.05, 0.1) is 24.9 Å². The maximum atomic E-state index is 9.15. The first-order chi connectivity index (χ1) is 7.09. The normalized spacial score (nSPS) is 20.9. The molecule has 1 fully saturated rings. The lowest BCUT2D eigenvalue weighted by Crippen LogP contribution is -2.46. The number of nitrogens with zero attached hydrogens (tertiary/aromatic N) is 2. The molecule has 0 aromatic carbocycles. The Balaban J connectivity index is 2.51. The van der Waals surface area contributed by atoms with Gasteiger partial charge in [0.2, 0.25) is 0 Å². The van der Waals surface area contributed by atoms with Crippen molar-refractivity contribution in [1.82, 2.24) is 4.90 Å². The van der Waals surface area contributed by atoms with Crippen molar-refractivity contribution in [2.45, 2.75) is 31.9 Å². The van der Waals surface area contributed by atoms with Crippen LogP contribution in [0.25, 0.3) is 0 Å². The van der Waals surface area contributed by atoms with Crippen molar-refractivity contribution in [3.05, 3.63) is 0 Å². The van der Waals surface area contributed by atoms with E-state index in [1.165, 1.54) is 0 Å². The van der Waals surface area contributed by atoms with Crippen LogP contribution in [-0.4, -0.2) is 50.0 Å². The highest BCUT2D eigenvalue weighted by Gasteiger charge is 2.28. The molecule has 0 aromatic rings. The molecule has 0 aliphatic carbocycles. The number of morpholine rings is 1. The van der Waals surface area contributed by atoms with E-state index in [1.807, 2.05) is 13.8 Å². The third-order valence-electron chi connectivity index (χ3n) is 2.87. The number of ether oxygens (including phenoxy) is 2. The minimum atomic E-state index is -0.237. The van der Waals surface area contributed by atoms with E-state index in [1.54, 1.807) is 7.11 Å². The van der Waals surface area contributed by atoms with Gasteiger partial charge in [-0.1, -0.05) is 0 Å². The summed E-state index contributed by atoms with van der Waals surface area (Å²) in [5.41, 5.74) is -0.237. The van der Waals surface area contributed by atoms with Crippen molar-refractivity contribution in [1.29, 1.82) is 5.26 Å². The smallest absolute Gasteiger partial charge is 0.101 e. The maximum Gasteiger partial charge on any atom is 0.101 e. The SMILES string of the molecule is COC(C)(C)CC(C#N)N1CCOCC1. The molecule has 0 aromatic heterocycles. The van der Waals surface area contributed by atoms with E-state index in [0.29, 0.717) is 0 Å². The summed E-state index contributed by atoms with van der Waals surface area (Å²) in [5.74, 6) is 0. The van der Waals surface area contributed by atoms with Crippen LogP contribution < -0.4 is 0 Å². The number of rotatable bonds is 4. The van der Waals surface area contributed by atoms with E-state index in [0.717, 1.165) is 32.7 Å². The summed E-state index contributed by atoms with van der Waals surface area (Å²) in [7, 11) is 1.69. The Morgan fingerprint density at radius 2 is 2.07 bits per heavy atom. The molecule has 0 radical (unpaired) electrons. The van der Waals surface area contributed by atoms with Crippen LogP contribution in [0.5, 0.6) is 0 Å². The predicted octanol–water partition coefficient (Wildman–Crippen LogP) is 1.03. The van der Waals surface area contributed by atoms with Crippen LogP contribution in [0.4, 0.5) is 0 Å². The third-order valence-corrected chi connectivity index (χ3v) is 2.87. The van der Waals surface area contributed by atoms with Gasteiger partial charge in [0.1, 0.15) is 6.04 Å². The zero-order valence-corrected chi connectivity index (χ0v) is 9.82. The van der Waals surface area contributed by atoms with Gasteiger partial charge in [-0.15, -0.1) is 0 Å². The quantitative estimate of drug-likeness (QED) is 0.698. The van der Waals surface area contributed by atoms with Crippen LogP contribution in [0.3, 0.4) is 0 Å². The second-order valence-corrected chi connectivity index (χ2v) is 4.46. The fraction of sp³-hybridized carbons (Fsp3) is 0.909. The van der Waals surface area contributed by atoms with Crippen molar-refractivity contribution in [2.75, 3.05) is 33.4 Å². The molecule has 1 aliphatic rings. The molecule has 1 heterocycles. The van der Waals surface area contributed by atoms with Gasteiger partial charge in [-0.3, -0.25) is 4.90 Å². The summed E-state index contributed by atoms with van der Waals surface area (Å²) < 4.78 is 10.6.